The molecule has 2 N–H and O–H groups in total. The molecule has 1 heterocycles. The first-order chi connectivity index (χ1) is 8.72. The molecule has 0 fully saturated rings. The zero-order valence-electron chi connectivity index (χ0n) is 9.58. The van der Waals surface area contributed by atoms with Gasteiger partial charge < -0.3 is 14.6 Å². The average molecular weight is 249 g/mol. The van der Waals surface area contributed by atoms with Gasteiger partial charge in [0.2, 0.25) is 0 Å². The lowest BCUT2D eigenvalue weighted by Crippen LogP contribution is -2.05. The van der Waals surface area contributed by atoms with Crippen molar-refractivity contribution in [1.82, 2.24) is 15.4 Å². The number of nitrogens with zero attached hydrogens (tertiary/aromatic N) is 2. The predicted octanol–water partition coefficient (Wildman–Crippen LogP) is 1.09. The van der Waals surface area contributed by atoms with Crippen molar-refractivity contribution in [3.8, 4) is 11.5 Å². The van der Waals surface area contributed by atoms with Crippen LogP contribution in [0.4, 0.5) is 0 Å². The molecule has 0 amide bonds. The van der Waals surface area contributed by atoms with Crippen molar-refractivity contribution in [3.63, 3.8) is 0 Å². The Hall–Kier alpha value is -2.57. The van der Waals surface area contributed by atoms with Gasteiger partial charge in [0.1, 0.15) is 12.3 Å². The average Bonchev–Trinajstić information content (AvgIpc) is 2.85. The monoisotopic (exact) mass is 249 g/mol. The Balaban J connectivity index is 2.11. The van der Waals surface area contributed by atoms with Gasteiger partial charge in [0, 0.05) is 0 Å². The van der Waals surface area contributed by atoms with Crippen LogP contribution < -0.4 is 9.47 Å². The fraction of sp³-hybridized carbons (Fsp3) is 0.182. The molecule has 0 aliphatic carbocycles. The van der Waals surface area contributed by atoms with Gasteiger partial charge in [-0.05, 0) is 12.1 Å². The van der Waals surface area contributed by atoms with Crippen molar-refractivity contribution < 1.29 is 19.4 Å². The minimum Gasteiger partial charge on any atom is -0.493 e. The van der Waals surface area contributed by atoms with Gasteiger partial charge in [-0.25, -0.2) is 4.79 Å². The number of aromatic nitrogens is 3. The molecule has 7 nitrogen and oxygen atoms in total. The molecule has 94 valence electrons. The standard InChI is InChI=1S/C11H11N3O4/c1-17-8-4-2-3-5-9(8)18-6-7-10(11(15)16)13-14-12-7/h2-5H,6H2,1H3,(H,15,16)(H,12,13,14). The van der Waals surface area contributed by atoms with Crippen LogP contribution in [0.5, 0.6) is 11.5 Å². The number of hydrogen-bond donors (Lipinski definition) is 2. The molecule has 0 saturated carbocycles. The molecule has 2 rings (SSSR count). The van der Waals surface area contributed by atoms with E-state index in [1.807, 2.05) is 6.07 Å². The molecule has 7 heteroatoms. The summed E-state index contributed by atoms with van der Waals surface area (Å²) in [6.45, 7) is -0.00148. The van der Waals surface area contributed by atoms with E-state index < -0.39 is 5.97 Å². The fourth-order valence-corrected chi connectivity index (χ4v) is 1.41. The third kappa shape index (κ3) is 2.40. The number of rotatable bonds is 5. The number of carboxylic acid groups (broad SMARTS) is 1. The first-order valence-electron chi connectivity index (χ1n) is 5.11. The topological polar surface area (TPSA) is 97.3 Å². The molecule has 2 aromatic rings. The summed E-state index contributed by atoms with van der Waals surface area (Å²) in [5.74, 6) is -0.0698. The maximum atomic E-state index is 10.8. The lowest BCUT2D eigenvalue weighted by Gasteiger charge is -2.08. The second kappa shape index (κ2) is 5.17. The summed E-state index contributed by atoms with van der Waals surface area (Å²) in [4.78, 5) is 10.8. The van der Waals surface area contributed by atoms with Gasteiger partial charge in [0.15, 0.2) is 17.2 Å². The van der Waals surface area contributed by atoms with E-state index in [1.165, 1.54) is 7.11 Å². The highest BCUT2D eigenvalue weighted by atomic mass is 16.5. The number of para-hydroxylation sites is 2. The van der Waals surface area contributed by atoms with Gasteiger partial charge in [-0.2, -0.15) is 10.3 Å². The molecule has 0 unspecified atom stereocenters. The number of methoxy groups -OCH3 is 1. The van der Waals surface area contributed by atoms with E-state index in [2.05, 4.69) is 15.4 Å². The van der Waals surface area contributed by atoms with E-state index in [1.54, 1.807) is 18.2 Å². The van der Waals surface area contributed by atoms with Gasteiger partial charge in [0.05, 0.1) is 7.11 Å². The number of aromatic carboxylic acids is 1. The number of ether oxygens (including phenoxy) is 2. The Morgan fingerprint density at radius 1 is 1.33 bits per heavy atom. The van der Waals surface area contributed by atoms with Crippen LogP contribution in [0.1, 0.15) is 16.2 Å². The summed E-state index contributed by atoms with van der Waals surface area (Å²) < 4.78 is 10.6. The van der Waals surface area contributed by atoms with Crippen molar-refractivity contribution in [1.29, 1.82) is 0 Å². The van der Waals surface area contributed by atoms with Gasteiger partial charge in [-0.15, -0.1) is 5.10 Å². The maximum absolute atomic E-state index is 10.8. The van der Waals surface area contributed by atoms with E-state index in [-0.39, 0.29) is 18.0 Å². The summed E-state index contributed by atoms with van der Waals surface area (Å²) in [5.41, 5.74) is 0.0818. The van der Waals surface area contributed by atoms with Gasteiger partial charge in [0.25, 0.3) is 0 Å². The summed E-state index contributed by atoms with van der Waals surface area (Å²) in [6.07, 6.45) is 0. The van der Waals surface area contributed by atoms with Crippen molar-refractivity contribution in [2.24, 2.45) is 0 Å². The molecule has 0 aliphatic rings. The van der Waals surface area contributed by atoms with Gasteiger partial charge in [-0.3, -0.25) is 0 Å². The number of carboxylic acids is 1. The van der Waals surface area contributed by atoms with E-state index in [4.69, 9.17) is 14.6 Å². The molecular formula is C11H11N3O4. The van der Waals surface area contributed by atoms with Crippen LogP contribution in [0, 0.1) is 0 Å². The number of benzene rings is 1. The maximum Gasteiger partial charge on any atom is 0.358 e. The summed E-state index contributed by atoms with van der Waals surface area (Å²) in [5, 5.41) is 18.4. The third-order valence-electron chi connectivity index (χ3n) is 2.26. The Kier molecular flexibility index (Phi) is 3.42. The van der Waals surface area contributed by atoms with Crippen molar-refractivity contribution >= 4 is 5.97 Å². The lowest BCUT2D eigenvalue weighted by atomic mass is 10.3. The Bertz CT molecular complexity index is 553. The van der Waals surface area contributed by atoms with Gasteiger partial charge in [-0.1, -0.05) is 12.1 Å². The van der Waals surface area contributed by atoms with Crippen LogP contribution in [0.25, 0.3) is 0 Å². The molecule has 0 spiro atoms. The van der Waals surface area contributed by atoms with Crippen molar-refractivity contribution in [2.45, 2.75) is 6.61 Å². The number of aromatic amines is 1. The van der Waals surface area contributed by atoms with Gasteiger partial charge >= 0.3 is 5.97 Å². The number of hydrogen-bond acceptors (Lipinski definition) is 5. The molecule has 0 radical (unpaired) electrons. The van der Waals surface area contributed by atoms with Crippen LogP contribution in [0.2, 0.25) is 0 Å². The van der Waals surface area contributed by atoms with Crippen LogP contribution >= 0.6 is 0 Å². The SMILES string of the molecule is COc1ccccc1OCc1n[nH]nc1C(=O)O. The Morgan fingerprint density at radius 2 is 2.06 bits per heavy atom. The van der Waals surface area contributed by atoms with E-state index in [0.717, 1.165) is 0 Å². The van der Waals surface area contributed by atoms with Crippen LogP contribution in [0.15, 0.2) is 24.3 Å². The smallest absolute Gasteiger partial charge is 0.358 e. The van der Waals surface area contributed by atoms with Crippen molar-refractivity contribution in [3.05, 3.63) is 35.7 Å². The molecule has 1 aromatic carbocycles. The van der Waals surface area contributed by atoms with Crippen LogP contribution in [0.3, 0.4) is 0 Å². The molecule has 0 saturated heterocycles. The highest BCUT2D eigenvalue weighted by Crippen LogP contribution is 2.26. The zero-order valence-corrected chi connectivity index (χ0v) is 9.58. The lowest BCUT2D eigenvalue weighted by molar-refractivity contribution is 0.0687. The summed E-state index contributed by atoms with van der Waals surface area (Å²) in [7, 11) is 1.53. The summed E-state index contributed by atoms with van der Waals surface area (Å²) in [6, 6.07) is 7.07. The second-order valence-corrected chi connectivity index (χ2v) is 3.36. The van der Waals surface area contributed by atoms with E-state index in [0.29, 0.717) is 11.5 Å². The van der Waals surface area contributed by atoms with E-state index in [9.17, 15) is 4.79 Å². The zero-order chi connectivity index (χ0) is 13.0. The fourth-order valence-electron chi connectivity index (χ4n) is 1.41. The normalized spacial score (nSPS) is 10.1. The number of H-pyrrole nitrogens is 1. The largest absolute Gasteiger partial charge is 0.493 e. The highest BCUT2D eigenvalue weighted by Gasteiger charge is 2.16. The molecule has 0 bridgehead atoms. The minimum atomic E-state index is -1.15. The minimum absolute atomic E-state index is 0.00148. The molecule has 0 aliphatic heterocycles. The van der Waals surface area contributed by atoms with E-state index >= 15 is 0 Å². The first-order valence-corrected chi connectivity index (χ1v) is 5.11. The summed E-state index contributed by atoms with van der Waals surface area (Å²) >= 11 is 0. The van der Waals surface area contributed by atoms with Crippen LogP contribution in [-0.2, 0) is 6.61 Å². The Morgan fingerprint density at radius 3 is 2.72 bits per heavy atom. The molecular weight excluding hydrogens is 238 g/mol. The van der Waals surface area contributed by atoms with Crippen LogP contribution in [-0.4, -0.2) is 33.6 Å². The highest BCUT2D eigenvalue weighted by molar-refractivity contribution is 5.86. The predicted molar refractivity (Wildman–Crippen MR) is 60.7 cm³/mol. The van der Waals surface area contributed by atoms with Crippen molar-refractivity contribution in [2.75, 3.05) is 7.11 Å². The quantitative estimate of drug-likeness (QED) is 0.823. The second-order valence-electron chi connectivity index (χ2n) is 3.36. The number of nitrogens with one attached hydrogen (secondary N) is 1. The molecule has 18 heavy (non-hydrogen) atoms. The Labute approximate surface area is 102 Å². The first kappa shape index (κ1) is 11.9. The third-order valence-corrected chi connectivity index (χ3v) is 2.26. The molecule has 0 atom stereocenters. The number of carbonyl (C=O) groups is 1. The molecule has 1 aromatic heterocycles.